The molecule has 136 valence electrons. The van der Waals surface area contributed by atoms with Crippen LogP contribution in [0.25, 0.3) is 0 Å². The Kier molecular flexibility index (Phi) is 3.85. The molecule has 0 saturated carbocycles. The van der Waals surface area contributed by atoms with Gasteiger partial charge in [0, 0.05) is 42.5 Å². The van der Waals surface area contributed by atoms with Gasteiger partial charge in [-0.05, 0) is 44.8 Å². The van der Waals surface area contributed by atoms with E-state index in [1.54, 1.807) is 13.3 Å². The number of hydrogen-bond acceptors (Lipinski definition) is 5. The second kappa shape index (κ2) is 6.23. The molecule has 4 fully saturated rings. The molecule has 0 amide bonds. The summed E-state index contributed by atoms with van der Waals surface area (Å²) >= 11 is 0. The molecule has 3 atom stereocenters. The normalized spacial score (nSPS) is 32.5. The molecule has 0 aliphatic carbocycles. The molecule has 2 bridgehead atoms. The fourth-order valence-electron chi connectivity index (χ4n) is 5.59. The number of hydrogen-bond donors (Lipinski definition) is 0. The molecule has 0 spiro atoms. The van der Waals surface area contributed by atoms with Crippen LogP contribution in [0.1, 0.15) is 30.0 Å². The maximum atomic E-state index is 5.72. The Morgan fingerprint density at radius 1 is 1.04 bits per heavy atom. The van der Waals surface area contributed by atoms with Crippen molar-refractivity contribution in [1.29, 1.82) is 0 Å². The highest BCUT2D eigenvalue weighted by Crippen LogP contribution is 2.49. The Morgan fingerprint density at radius 2 is 1.81 bits per heavy atom. The van der Waals surface area contributed by atoms with E-state index >= 15 is 0 Å². The molecule has 26 heavy (non-hydrogen) atoms. The van der Waals surface area contributed by atoms with Crippen molar-refractivity contribution in [2.24, 2.45) is 5.92 Å². The summed E-state index contributed by atoms with van der Waals surface area (Å²) in [4.78, 5) is 14.5. The third kappa shape index (κ3) is 2.33. The van der Waals surface area contributed by atoms with Crippen molar-refractivity contribution in [1.82, 2.24) is 14.9 Å². The lowest BCUT2D eigenvalue weighted by Gasteiger charge is -2.51. The van der Waals surface area contributed by atoms with Crippen molar-refractivity contribution >= 4 is 5.82 Å². The topological polar surface area (TPSA) is 41.5 Å². The van der Waals surface area contributed by atoms with Gasteiger partial charge in [0.2, 0.25) is 0 Å². The maximum absolute atomic E-state index is 5.72. The molecular formula is C21H26N4O. The Morgan fingerprint density at radius 3 is 2.58 bits per heavy atom. The predicted octanol–water partition coefficient (Wildman–Crippen LogP) is 2.86. The zero-order valence-corrected chi connectivity index (χ0v) is 15.5. The van der Waals surface area contributed by atoms with Gasteiger partial charge in [-0.3, -0.25) is 9.88 Å². The number of nitrogens with zero attached hydrogens (tertiary/aromatic N) is 4. The first-order valence-electron chi connectivity index (χ1n) is 9.69. The lowest BCUT2D eigenvalue weighted by molar-refractivity contribution is 0.0351. The average molecular weight is 350 g/mol. The number of methoxy groups -OCH3 is 1. The summed E-state index contributed by atoms with van der Waals surface area (Å²) in [7, 11) is 1.78. The molecular weight excluding hydrogens is 324 g/mol. The molecule has 2 aromatic rings. The van der Waals surface area contributed by atoms with E-state index in [9.17, 15) is 0 Å². The van der Waals surface area contributed by atoms with Gasteiger partial charge in [0.05, 0.1) is 12.8 Å². The van der Waals surface area contributed by atoms with Gasteiger partial charge < -0.3 is 9.64 Å². The molecule has 4 aliphatic rings. The lowest BCUT2D eigenvalue weighted by atomic mass is 9.75. The molecule has 0 N–H and O–H groups in total. The van der Waals surface area contributed by atoms with E-state index in [4.69, 9.17) is 9.72 Å². The number of aryl methyl sites for hydroxylation is 1. The maximum Gasteiger partial charge on any atom is 0.150 e. The third-order valence-corrected chi connectivity index (χ3v) is 6.66. The highest BCUT2D eigenvalue weighted by molar-refractivity contribution is 5.51. The quantitative estimate of drug-likeness (QED) is 0.851. The van der Waals surface area contributed by atoms with Gasteiger partial charge >= 0.3 is 0 Å². The third-order valence-electron chi connectivity index (χ3n) is 6.66. The van der Waals surface area contributed by atoms with E-state index in [0.717, 1.165) is 29.7 Å². The van der Waals surface area contributed by atoms with Crippen LogP contribution in [-0.4, -0.2) is 53.7 Å². The molecule has 0 unspecified atom stereocenters. The summed E-state index contributed by atoms with van der Waals surface area (Å²) in [5.74, 6) is 3.28. The average Bonchev–Trinajstić information content (AvgIpc) is 3.12. The van der Waals surface area contributed by atoms with Gasteiger partial charge in [-0.25, -0.2) is 4.98 Å². The second-order valence-corrected chi connectivity index (χ2v) is 7.82. The molecule has 1 aromatic heterocycles. The Balaban J connectivity index is 1.60. The van der Waals surface area contributed by atoms with Gasteiger partial charge in [0.1, 0.15) is 11.6 Å². The Labute approximate surface area is 155 Å². The summed E-state index contributed by atoms with van der Waals surface area (Å²) in [6, 6.07) is 9.61. The highest BCUT2D eigenvalue weighted by atomic mass is 16.5. The van der Waals surface area contributed by atoms with Gasteiger partial charge in [0.15, 0.2) is 0 Å². The van der Waals surface area contributed by atoms with Gasteiger partial charge in [-0.15, -0.1) is 0 Å². The first kappa shape index (κ1) is 16.1. The van der Waals surface area contributed by atoms with Crippen LogP contribution in [0.5, 0.6) is 5.75 Å². The number of aromatic nitrogens is 2. The van der Waals surface area contributed by atoms with Crippen molar-refractivity contribution in [2.45, 2.75) is 37.8 Å². The summed E-state index contributed by atoms with van der Waals surface area (Å²) in [5.41, 5.74) is 2.37. The minimum Gasteiger partial charge on any atom is -0.496 e. The summed E-state index contributed by atoms with van der Waals surface area (Å²) in [5, 5.41) is 0. The van der Waals surface area contributed by atoms with Crippen molar-refractivity contribution in [3.63, 3.8) is 0 Å². The first-order chi connectivity index (χ1) is 12.8. The van der Waals surface area contributed by atoms with Crippen LogP contribution >= 0.6 is 0 Å². The van der Waals surface area contributed by atoms with Crippen molar-refractivity contribution < 1.29 is 4.74 Å². The van der Waals surface area contributed by atoms with Gasteiger partial charge in [-0.2, -0.15) is 0 Å². The Bertz CT molecular complexity index is 802. The fraction of sp³-hybridized carbons (Fsp3) is 0.524. The van der Waals surface area contributed by atoms with E-state index in [1.807, 2.05) is 6.20 Å². The van der Waals surface area contributed by atoms with Crippen LogP contribution in [-0.2, 0) is 0 Å². The minimum absolute atomic E-state index is 0.445. The standard InChI is InChI=1S/C21H26N4O/c1-14-21(23-10-9-22-14)25-13-17(16-5-3-4-6-18(16)26-2)20-19(25)15-7-11-24(20)12-8-15/h3-6,9-10,15,17,19-20H,7-8,11-13H2,1-2H3/t17-,19+,20+/m1/s1. The first-order valence-corrected chi connectivity index (χ1v) is 9.69. The van der Waals surface area contributed by atoms with E-state index < -0.39 is 0 Å². The number of fused-ring (bicyclic) bond motifs is 2. The predicted molar refractivity (Wildman–Crippen MR) is 102 cm³/mol. The van der Waals surface area contributed by atoms with E-state index in [-0.39, 0.29) is 0 Å². The number of piperidine rings is 3. The molecule has 5 nitrogen and oxygen atoms in total. The summed E-state index contributed by atoms with van der Waals surface area (Å²) in [6.07, 6.45) is 6.22. The summed E-state index contributed by atoms with van der Waals surface area (Å²) in [6.45, 7) is 5.52. The largest absolute Gasteiger partial charge is 0.496 e. The van der Waals surface area contributed by atoms with Crippen LogP contribution in [0.4, 0.5) is 5.82 Å². The van der Waals surface area contributed by atoms with Crippen LogP contribution in [0.2, 0.25) is 0 Å². The molecule has 5 heteroatoms. The van der Waals surface area contributed by atoms with Crippen LogP contribution in [0.15, 0.2) is 36.7 Å². The molecule has 4 aliphatic heterocycles. The number of rotatable bonds is 3. The minimum atomic E-state index is 0.445. The van der Waals surface area contributed by atoms with Crippen LogP contribution < -0.4 is 9.64 Å². The van der Waals surface area contributed by atoms with Crippen LogP contribution in [0, 0.1) is 12.8 Å². The monoisotopic (exact) mass is 350 g/mol. The van der Waals surface area contributed by atoms with Gasteiger partial charge in [0.25, 0.3) is 0 Å². The van der Waals surface area contributed by atoms with E-state index in [0.29, 0.717) is 18.0 Å². The molecule has 4 saturated heterocycles. The number of anilines is 1. The highest BCUT2D eigenvalue weighted by Gasteiger charge is 2.54. The molecule has 6 rings (SSSR count). The SMILES string of the molecule is COc1ccccc1[C@H]1CN(c2nccnc2C)[C@H]2C3CCN(CC3)[C@@H]12. The van der Waals surface area contributed by atoms with Crippen molar-refractivity contribution in [3.8, 4) is 5.75 Å². The molecule has 0 radical (unpaired) electrons. The van der Waals surface area contributed by atoms with Crippen LogP contribution in [0.3, 0.4) is 0 Å². The Hall–Kier alpha value is -2.14. The zero-order chi connectivity index (χ0) is 17.7. The zero-order valence-electron chi connectivity index (χ0n) is 15.5. The van der Waals surface area contributed by atoms with E-state index in [1.165, 1.54) is 31.5 Å². The number of benzene rings is 1. The van der Waals surface area contributed by atoms with Gasteiger partial charge in [-0.1, -0.05) is 18.2 Å². The molecule has 1 aromatic carbocycles. The fourth-order valence-corrected chi connectivity index (χ4v) is 5.59. The van der Waals surface area contributed by atoms with Crippen molar-refractivity contribution in [3.05, 3.63) is 47.9 Å². The van der Waals surface area contributed by atoms with E-state index in [2.05, 4.69) is 46.0 Å². The number of ether oxygens (including phenoxy) is 1. The van der Waals surface area contributed by atoms with Crippen molar-refractivity contribution in [2.75, 3.05) is 31.6 Å². The number of para-hydroxylation sites is 1. The second-order valence-electron chi connectivity index (χ2n) is 7.82. The molecule has 5 heterocycles. The summed E-state index contributed by atoms with van der Waals surface area (Å²) < 4.78 is 5.72. The lowest BCUT2D eigenvalue weighted by Crippen LogP contribution is -2.60. The smallest absolute Gasteiger partial charge is 0.150 e.